The zero-order valence-electron chi connectivity index (χ0n) is 14.7. The topological polar surface area (TPSA) is 116 Å². The molecule has 0 unspecified atom stereocenters. The van der Waals surface area contributed by atoms with Crippen molar-refractivity contribution in [2.24, 2.45) is 5.73 Å². The highest BCUT2D eigenvalue weighted by Crippen LogP contribution is 2.33. The average Bonchev–Trinajstić information content (AvgIpc) is 2.86. The van der Waals surface area contributed by atoms with Crippen LogP contribution in [0.3, 0.4) is 0 Å². The van der Waals surface area contributed by atoms with E-state index in [9.17, 15) is 14.9 Å². The number of aromatic nitrogens is 2. The van der Waals surface area contributed by atoms with Crippen LogP contribution >= 0.6 is 0 Å². The predicted octanol–water partition coefficient (Wildman–Crippen LogP) is 3.26. The third-order valence-corrected chi connectivity index (χ3v) is 3.45. The monoisotopic (exact) mass is 343 g/mol. The minimum absolute atomic E-state index is 0.0417. The molecular weight excluding hydrogens is 322 g/mol. The van der Waals surface area contributed by atoms with Crippen molar-refractivity contribution < 1.29 is 9.72 Å². The number of non-ortho nitro benzene ring substituents is 1. The number of anilines is 1. The molecule has 8 heteroatoms. The number of allylic oxidation sites excluding steroid dienone is 1. The molecule has 0 aliphatic heterocycles. The van der Waals surface area contributed by atoms with E-state index >= 15 is 0 Å². The Kier molecular flexibility index (Phi) is 4.64. The van der Waals surface area contributed by atoms with Crippen molar-refractivity contribution in [3.05, 3.63) is 52.2 Å². The summed E-state index contributed by atoms with van der Waals surface area (Å²) in [6, 6.07) is 5.82. The molecule has 0 fully saturated rings. The van der Waals surface area contributed by atoms with Crippen molar-refractivity contribution in [2.75, 3.05) is 5.32 Å². The van der Waals surface area contributed by atoms with Gasteiger partial charge in [-0.1, -0.05) is 6.58 Å². The Hall–Kier alpha value is -3.16. The van der Waals surface area contributed by atoms with Gasteiger partial charge in [-0.25, -0.2) is 4.68 Å². The number of rotatable bonds is 5. The van der Waals surface area contributed by atoms with E-state index < -0.39 is 16.4 Å². The summed E-state index contributed by atoms with van der Waals surface area (Å²) in [4.78, 5) is 22.4. The molecular formula is C17H21N5O3. The summed E-state index contributed by atoms with van der Waals surface area (Å²) < 4.78 is 1.67. The summed E-state index contributed by atoms with van der Waals surface area (Å²) in [5.74, 6) is -0.201. The highest BCUT2D eigenvalue weighted by Gasteiger charge is 2.28. The molecule has 0 aliphatic rings. The van der Waals surface area contributed by atoms with Gasteiger partial charge in [-0.2, -0.15) is 5.10 Å². The molecule has 0 saturated heterocycles. The second-order valence-corrected chi connectivity index (χ2v) is 6.73. The van der Waals surface area contributed by atoms with Crippen LogP contribution in [-0.2, 0) is 5.54 Å². The number of carbonyl (C=O) groups excluding carboxylic acids is 1. The Bertz CT molecular complexity index is 844. The number of hydrogen-bond donors (Lipinski definition) is 2. The van der Waals surface area contributed by atoms with Crippen molar-refractivity contribution in [3.8, 4) is 11.3 Å². The fourth-order valence-corrected chi connectivity index (χ4v) is 2.40. The van der Waals surface area contributed by atoms with E-state index in [0.29, 0.717) is 22.8 Å². The largest absolute Gasteiger partial charge is 0.365 e. The van der Waals surface area contributed by atoms with E-state index in [1.54, 1.807) is 23.7 Å². The van der Waals surface area contributed by atoms with Gasteiger partial charge in [0, 0.05) is 23.4 Å². The molecule has 25 heavy (non-hydrogen) atoms. The number of nitrogens with zero attached hydrogens (tertiary/aromatic N) is 3. The molecule has 0 radical (unpaired) electrons. The van der Waals surface area contributed by atoms with Gasteiger partial charge in [0.1, 0.15) is 17.1 Å². The molecule has 132 valence electrons. The van der Waals surface area contributed by atoms with E-state index in [0.717, 1.165) is 0 Å². The van der Waals surface area contributed by atoms with E-state index in [1.165, 1.54) is 12.1 Å². The molecule has 0 spiro atoms. The van der Waals surface area contributed by atoms with Gasteiger partial charge < -0.3 is 11.1 Å². The minimum atomic E-state index is -0.646. The molecule has 0 bridgehead atoms. The van der Waals surface area contributed by atoms with Gasteiger partial charge in [-0.05, 0) is 39.8 Å². The van der Waals surface area contributed by atoms with E-state index in [4.69, 9.17) is 5.73 Å². The maximum Gasteiger partial charge on any atom is 0.269 e. The number of nitrogens with one attached hydrogen (secondary N) is 1. The smallest absolute Gasteiger partial charge is 0.269 e. The lowest BCUT2D eigenvalue weighted by Crippen LogP contribution is -2.25. The Morgan fingerprint density at radius 1 is 1.32 bits per heavy atom. The molecule has 0 atom stereocenters. The highest BCUT2D eigenvalue weighted by molar-refractivity contribution is 6.04. The lowest BCUT2D eigenvalue weighted by Gasteiger charge is -2.23. The van der Waals surface area contributed by atoms with Gasteiger partial charge in [0.25, 0.3) is 11.6 Å². The van der Waals surface area contributed by atoms with Crippen LogP contribution in [0.4, 0.5) is 11.5 Å². The summed E-state index contributed by atoms with van der Waals surface area (Å²) >= 11 is 0. The first-order valence-corrected chi connectivity index (χ1v) is 7.63. The third kappa shape index (κ3) is 3.68. The standard InChI is InChI=1S/C17H21N5O3/c1-10(2)19-16-13(15(18)23)14(20-21(16)17(3,4)5)11-6-8-12(9-7-11)22(24)25/h6-9,19H,1H2,2-5H3,(H2,18,23). The number of carbonyl (C=O) groups is 1. The van der Waals surface area contributed by atoms with Crippen molar-refractivity contribution in [1.82, 2.24) is 9.78 Å². The third-order valence-electron chi connectivity index (χ3n) is 3.45. The van der Waals surface area contributed by atoms with Crippen molar-refractivity contribution in [1.29, 1.82) is 0 Å². The van der Waals surface area contributed by atoms with E-state index in [2.05, 4.69) is 17.0 Å². The summed E-state index contributed by atoms with van der Waals surface area (Å²) in [7, 11) is 0. The Balaban J connectivity index is 2.72. The van der Waals surface area contributed by atoms with Crippen LogP contribution in [0, 0.1) is 10.1 Å². The van der Waals surface area contributed by atoms with Gasteiger partial charge in [0.2, 0.25) is 0 Å². The Morgan fingerprint density at radius 3 is 2.28 bits per heavy atom. The average molecular weight is 343 g/mol. The Morgan fingerprint density at radius 2 is 1.88 bits per heavy atom. The molecule has 1 aromatic heterocycles. The first kappa shape index (κ1) is 18.2. The molecule has 8 nitrogen and oxygen atoms in total. The maximum absolute atomic E-state index is 12.1. The number of hydrogen-bond acceptors (Lipinski definition) is 5. The summed E-state index contributed by atoms with van der Waals surface area (Å²) in [6.45, 7) is 11.4. The van der Waals surface area contributed by atoms with Crippen molar-refractivity contribution in [3.63, 3.8) is 0 Å². The maximum atomic E-state index is 12.1. The molecule has 1 heterocycles. The van der Waals surface area contributed by atoms with E-state index in [-0.39, 0.29) is 11.3 Å². The quantitative estimate of drug-likeness (QED) is 0.638. The van der Waals surface area contributed by atoms with Crippen LogP contribution in [0.2, 0.25) is 0 Å². The summed E-state index contributed by atoms with van der Waals surface area (Å²) in [6.07, 6.45) is 0. The number of amides is 1. The van der Waals surface area contributed by atoms with Gasteiger partial charge >= 0.3 is 0 Å². The van der Waals surface area contributed by atoms with Crippen molar-refractivity contribution in [2.45, 2.75) is 33.2 Å². The lowest BCUT2D eigenvalue weighted by atomic mass is 10.1. The van der Waals surface area contributed by atoms with Crippen LogP contribution in [0.25, 0.3) is 11.3 Å². The summed E-state index contributed by atoms with van der Waals surface area (Å²) in [5, 5.41) is 18.4. The molecule has 0 aliphatic carbocycles. The number of nitro groups is 1. The summed E-state index contributed by atoms with van der Waals surface area (Å²) in [5.41, 5.74) is 6.89. The molecule has 1 aromatic carbocycles. The number of nitrogens with two attached hydrogens (primary N) is 1. The van der Waals surface area contributed by atoms with Crippen LogP contribution in [-0.4, -0.2) is 20.6 Å². The fourth-order valence-electron chi connectivity index (χ4n) is 2.40. The number of nitro benzene ring substituents is 1. The normalized spacial score (nSPS) is 11.2. The van der Waals surface area contributed by atoms with Gasteiger partial charge in [0.15, 0.2) is 0 Å². The molecule has 3 N–H and O–H groups in total. The van der Waals surface area contributed by atoms with Crippen molar-refractivity contribution >= 4 is 17.4 Å². The van der Waals surface area contributed by atoms with Crippen LogP contribution < -0.4 is 11.1 Å². The van der Waals surface area contributed by atoms with Crippen LogP contribution in [0.5, 0.6) is 0 Å². The zero-order chi connectivity index (χ0) is 18.9. The lowest BCUT2D eigenvalue weighted by molar-refractivity contribution is -0.384. The SMILES string of the molecule is C=C(C)Nc1c(C(N)=O)c(-c2ccc([N+](=O)[O-])cc2)nn1C(C)(C)C. The second kappa shape index (κ2) is 6.39. The number of benzene rings is 1. The van der Waals surface area contributed by atoms with Crippen LogP contribution in [0.1, 0.15) is 38.1 Å². The van der Waals surface area contributed by atoms with Gasteiger partial charge in [-0.15, -0.1) is 0 Å². The molecule has 2 aromatic rings. The molecule has 0 saturated carbocycles. The predicted molar refractivity (Wildman–Crippen MR) is 96.3 cm³/mol. The molecule has 1 amide bonds. The van der Waals surface area contributed by atoms with Gasteiger partial charge in [0.05, 0.1) is 10.5 Å². The van der Waals surface area contributed by atoms with E-state index in [1.807, 2.05) is 20.8 Å². The first-order chi connectivity index (χ1) is 11.5. The zero-order valence-corrected chi connectivity index (χ0v) is 14.7. The first-order valence-electron chi connectivity index (χ1n) is 7.63. The van der Waals surface area contributed by atoms with Crippen LogP contribution in [0.15, 0.2) is 36.5 Å². The second-order valence-electron chi connectivity index (χ2n) is 6.73. The minimum Gasteiger partial charge on any atom is -0.365 e. The molecule has 2 rings (SSSR count). The highest BCUT2D eigenvalue weighted by atomic mass is 16.6. The Labute approximate surface area is 145 Å². The van der Waals surface area contributed by atoms with Gasteiger partial charge in [-0.3, -0.25) is 14.9 Å². The number of primary amides is 1. The fraction of sp³-hybridized carbons (Fsp3) is 0.294.